The van der Waals surface area contributed by atoms with Gasteiger partial charge in [0.25, 0.3) is 0 Å². The predicted molar refractivity (Wildman–Crippen MR) is 174 cm³/mol. The van der Waals surface area contributed by atoms with E-state index in [0.29, 0.717) is 18.4 Å². The molecule has 1 aromatic rings. The summed E-state index contributed by atoms with van der Waals surface area (Å²) in [6.07, 6.45) is 1.87. The van der Waals surface area contributed by atoms with E-state index in [1.165, 1.54) is 4.90 Å². The van der Waals surface area contributed by atoms with E-state index < -0.39 is 59.1 Å². The van der Waals surface area contributed by atoms with E-state index in [-0.39, 0.29) is 36.0 Å². The lowest BCUT2D eigenvalue weighted by Gasteiger charge is -2.59. The van der Waals surface area contributed by atoms with Crippen LogP contribution in [0, 0.1) is 22.7 Å². The van der Waals surface area contributed by atoms with Crippen LogP contribution in [0.1, 0.15) is 92.2 Å². The number of rotatable bonds is 6. The van der Waals surface area contributed by atoms with Gasteiger partial charge in [-0.05, 0) is 89.5 Å². The molecule has 10 nitrogen and oxygen atoms in total. The number of nitrogens with zero attached hydrogens (tertiary/aromatic N) is 1. The van der Waals surface area contributed by atoms with Gasteiger partial charge in [0.1, 0.15) is 24.0 Å². The van der Waals surface area contributed by atoms with Gasteiger partial charge in [-0.2, -0.15) is 0 Å². The van der Waals surface area contributed by atoms with Crippen molar-refractivity contribution >= 4 is 18.0 Å². The van der Waals surface area contributed by atoms with Crippen LogP contribution in [0.25, 0.3) is 0 Å². The zero-order chi connectivity index (χ0) is 34.5. The molecule has 2 N–H and O–H groups in total. The van der Waals surface area contributed by atoms with Gasteiger partial charge >= 0.3 is 18.0 Å². The Kier molecular flexibility index (Phi) is 9.47. The molecule has 47 heavy (non-hydrogen) atoms. The number of aliphatic hydroxyl groups is 2. The number of esters is 2. The van der Waals surface area contributed by atoms with E-state index in [4.69, 9.17) is 18.9 Å². The SMILES string of the molecule is C=C1CCC2[C@](C)(CO)[C@H](O)CC[C@@]2(C)[C@@H]1C/C=C1\C(=O)OCC1OC(=O)C1OC(C)(C)N(C(=O)OC(C)(C)C)C1c1ccccc1. The topological polar surface area (TPSA) is 132 Å². The number of carbonyl (C=O) groups is 3. The van der Waals surface area contributed by atoms with Crippen molar-refractivity contribution in [2.75, 3.05) is 13.2 Å². The highest BCUT2D eigenvalue weighted by atomic mass is 16.6. The molecule has 0 bridgehead atoms. The van der Waals surface area contributed by atoms with Gasteiger partial charge in [-0.1, -0.05) is 62.4 Å². The molecule has 2 saturated heterocycles. The summed E-state index contributed by atoms with van der Waals surface area (Å²) in [4.78, 5) is 41.8. The maximum atomic E-state index is 13.9. The average Bonchev–Trinajstić information content (AvgIpc) is 3.49. The van der Waals surface area contributed by atoms with Gasteiger partial charge < -0.3 is 29.2 Å². The van der Waals surface area contributed by atoms with Crippen LogP contribution in [0.3, 0.4) is 0 Å². The number of aliphatic hydroxyl groups excluding tert-OH is 2. The second kappa shape index (κ2) is 12.7. The normalized spacial score (nSPS) is 36.2. The summed E-state index contributed by atoms with van der Waals surface area (Å²) >= 11 is 0. The highest BCUT2D eigenvalue weighted by Crippen LogP contribution is 2.61. The minimum Gasteiger partial charge on any atom is -0.458 e. The third-order valence-electron chi connectivity index (χ3n) is 11.0. The first-order valence-corrected chi connectivity index (χ1v) is 16.7. The van der Waals surface area contributed by atoms with Gasteiger partial charge in [-0.15, -0.1) is 0 Å². The summed E-state index contributed by atoms with van der Waals surface area (Å²) in [5.74, 6) is -1.19. The minimum absolute atomic E-state index is 0.000638. The average molecular weight is 654 g/mol. The zero-order valence-corrected chi connectivity index (χ0v) is 28.8. The number of hydrogen-bond donors (Lipinski definition) is 2. The molecule has 2 heterocycles. The molecule has 5 rings (SSSR count). The molecule has 2 aliphatic carbocycles. The molecule has 8 atom stereocenters. The maximum Gasteiger partial charge on any atom is 0.413 e. The fourth-order valence-corrected chi connectivity index (χ4v) is 8.55. The molecule has 0 spiro atoms. The van der Waals surface area contributed by atoms with Crippen LogP contribution >= 0.6 is 0 Å². The van der Waals surface area contributed by atoms with E-state index in [1.807, 2.05) is 37.3 Å². The third-order valence-corrected chi connectivity index (χ3v) is 11.0. The van der Waals surface area contributed by atoms with Crippen molar-refractivity contribution < 1.29 is 43.5 Å². The molecular weight excluding hydrogens is 602 g/mol. The number of cyclic esters (lactones) is 1. The van der Waals surface area contributed by atoms with Crippen molar-refractivity contribution in [2.45, 2.75) is 116 Å². The summed E-state index contributed by atoms with van der Waals surface area (Å²) < 4.78 is 23.3. The molecule has 0 aromatic heterocycles. The molecule has 2 aliphatic heterocycles. The monoisotopic (exact) mass is 653 g/mol. The molecule has 258 valence electrons. The maximum absolute atomic E-state index is 13.9. The number of benzene rings is 1. The van der Waals surface area contributed by atoms with Crippen LogP contribution in [0.5, 0.6) is 0 Å². The lowest BCUT2D eigenvalue weighted by molar-refractivity contribution is -0.165. The second-order valence-electron chi connectivity index (χ2n) is 15.6. The zero-order valence-electron chi connectivity index (χ0n) is 28.8. The van der Waals surface area contributed by atoms with Crippen molar-refractivity contribution in [1.82, 2.24) is 4.90 Å². The number of ether oxygens (including phenoxy) is 4. The fourth-order valence-electron chi connectivity index (χ4n) is 8.55. The molecule has 2 saturated carbocycles. The van der Waals surface area contributed by atoms with E-state index in [1.54, 1.807) is 40.7 Å². The summed E-state index contributed by atoms with van der Waals surface area (Å²) in [5, 5.41) is 21.2. The molecule has 1 amide bonds. The summed E-state index contributed by atoms with van der Waals surface area (Å²) in [5.41, 5.74) is -0.843. The molecule has 0 radical (unpaired) electrons. The van der Waals surface area contributed by atoms with E-state index in [2.05, 4.69) is 13.5 Å². The number of carbonyl (C=O) groups excluding carboxylic acids is 3. The number of allylic oxidation sites excluding steroid dienone is 2. The Balaban J connectivity index is 1.39. The van der Waals surface area contributed by atoms with Gasteiger partial charge in [0.05, 0.1) is 18.3 Å². The molecule has 4 aliphatic rings. The van der Waals surface area contributed by atoms with Crippen LogP contribution in [0.15, 0.2) is 54.1 Å². The van der Waals surface area contributed by atoms with Gasteiger partial charge in [0.15, 0.2) is 12.2 Å². The molecule has 10 heteroatoms. The van der Waals surface area contributed by atoms with Gasteiger partial charge in [0.2, 0.25) is 0 Å². The number of amides is 1. The van der Waals surface area contributed by atoms with Crippen LogP contribution in [0.2, 0.25) is 0 Å². The standard InChI is InChI=1S/C37H51NO9/c1-22-14-17-27-36(7,19-18-28(40)37(27,8)21-39)25(22)16-15-24-26(20-44-31(24)41)45-32(42)30-29(23-12-10-9-11-13-23)38(35(5,6)46-30)33(43)47-34(2,3)4/h9-13,15,25-30,39-40H,1,14,16-21H2,2-8H3/b24-15-/t25-,26?,27?,28-,29?,30?,36+,37+/m1/s1. The number of fused-ring (bicyclic) bond motifs is 1. The van der Waals surface area contributed by atoms with Crippen LogP contribution in [-0.4, -0.2) is 76.0 Å². The Labute approximate surface area is 278 Å². The predicted octanol–water partition coefficient (Wildman–Crippen LogP) is 5.63. The lowest BCUT2D eigenvalue weighted by atomic mass is 9.46. The Bertz CT molecular complexity index is 1410. The van der Waals surface area contributed by atoms with Gasteiger partial charge in [0, 0.05) is 5.41 Å². The molecule has 4 fully saturated rings. The van der Waals surface area contributed by atoms with Crippen molar-refractivity contribution in [3.05, 3.63) is 59.7 Å². The van der Waals surface area contributed by atoms with E-state index >= 15 is 0 Å². The molecule has 4 unspecified atom stereocenters. The largest absolute Gasteiger partial charge is 0.458 e. The Morgan fingerprint density at radius 3 is 2.45 bits per heavy atom. The Hall–Kier alpha value is -3.21. The summed E-state index contributed by atoms with van der Waals surface area (Å²) in [7, 11) is 0. The smallest absolute Gasteiger partial charge is 0.413 e. The summed E-state index contributed by atoms with van der Waals surface area (Å²) in [6.45, 7) is 17.0. The van der Waals surface area contributed by atoms with Crippen LogP contribution < -0.4 is 0 Å². The molecule has 1 aromatic carbocycles. The van der Waals surface area contributed by atoms with Gasteiger partial charge in [-0.25, -0.2) is 14.4 Å². The van der Waals surface area contributed by atoms with Gasteiger partial charge in [-0.3, -0.25) is 4.90 Å². The quantitative estimate of drug-likeness (QED) is 0.174. The highest BCUT2D eigenvalue weighted by molar-refractivity contribution is 5.92. The first kappa shape index (κ1) is 35.1. The van der Waals surface area contributed by atoms with E-state index in [0.717, 1.165) is 24.8 Å². The third kappa shape index (κ3) is 6.48. The van der Waals surface area contributed by atoms with E-state index in [9.17, 15) is 24.6 Å². The lowest BCUT2D eigenvalue weighted by Crippen LogP contribution is -2.57. The second-order valence-corrected chi connectivity index (χ2v) is 15.6. The molecular formula is C37H51NO9. The fraction of sp³-hybridized carbons (Fsp3) is 0.649. The number of hydrogen-bond acceptors (Lipinski definition) is 9. The first-order valence-electron chi connectivity index (χ1n) is 16.7. The first-order chi connectivity index (χ1) is 21.9. The van der Waals surface area contributed by atoms with Crippen LogP contribution in [-0.2, 0) is 28.5 Å². The van der Waals surface area contributed by atoms with Crippen molar-refractivity contribution in [1.29, 1.82) is 0 Å². The summed E-state index contributed by atoms with van der Waals surface area (Å²) in [6, 6.07) is 8.28. The Morgan fingerprint density at radius 2 is 1.81 bits per heavy atom. The van der Waals surface area contributed by atoms with Crippen LogP contribution in [0.4, 0.5) is 4.79 Å². The van der Waals surface area contributed by atoms with Crippen molar-refractivity contribution in [3.63, 3.8) is 0 Å². The van der Waals surface area contributed by atoms with Crippen molar-refractivity contribution in [3.8, 4) is 0 Å². The Morgan fingerprint density at radius 1 is 1.13 bits per heavy atom. The highest BCUT2D eigenvalue weighted by Gasteiger charge is 2.58. The van der Waals surface area contributed by atoms with Crippen molar-refractivity contribution in [2.24, 2.45) is 22.7 Å². The minimum atomic E-state index is -1.21.